The molecule has 0 saturated heterocycles. The van der Waals surface area contributed by atoms with Crippen molar-refractivity contribution >= 4 is 44.9 Å². The number of carbonyl (C=O) groups excluding carboxylic acids is 1. The maximum absolute atomic E-state index is 12.5. The van der Waals surface area contributed by atoms with Gasteiger partial charge in [-0.15, -0.1) is 10.2 Å². The highest BCUT2D eigenvalue weighted by atomic mass is 35.5. The van der Waals surface area contributed by atoms with Crippen molar-refractivity contribution in [2.45, 2.75) is 39.5 Å². The number of anilines is 1. The highest BCUT2D eigenvalue weighted by Gasteiger charge is 2.20. The Kier molecular flexibility index (Phi) is 4.87. The van der Waals surface area contributed by atoms with E-state index in [9.17, 15) is 4.79 Å². The highest BCUT2D eigenvalue weighted by Crippen LogP contribution is 2.30. The standard InChI is InChI=1S/C17H18ClN3O2S/c1-4-10(5-2)16-20-21-17(24-16)19-15(22)14-9(3)12-8-11(18)6-7-13(12)23-14/h6-8,10H,4-5H2,1-3H3,(H,19,21,22). The first-order valence-electron chi connectivity index (χ1n) is 7.86. The minimum absolute atomic E-state index is 0.270. The summed E-state index contributed by atoms with van der Waals surface area (Å²) in [6.07, 6.45) is 2.01. The third kappa shape index (κ3) is 3.16. The summed E-state index contributed by atoms with van der Waals surface area (Å²) in [5.74, 6) is 0.321. The third-order valence-corrected chi connectivity index (χ3v) is 5.34. The van der Waals surface area contributed by atoms with Crippen LogP contribution in [0.2, 0.25) is 5.02 Å². The maximum Gasteiger partial charge on any atom is 0.293 e. The summed E-state index contributed by atoms with van der Waals surface area (Å²) < 4.78 is 5.67. The average molecular weight is 364 g/mol. The number of hydrogen-bond donors (Lipinski definition) is 1. The minimum atomic E-state index is -0.327. The Morgan fingerprint density at radius 1 is 1.33 bits per heavy atom. The molecule has 0 bridgehead atoms. The van der Waals surface area contributed by atoms with Crippen molar-refractivity contribution in [1.82, 2.24) is 10.2 Å². The van der Waals surface area contributed by atoms with E-state index in [1.165, 1.54) is 11.3 Å². The van der Waals surface area contributed by atoms with Crippen molar-refractivity contribution in [3.63, 3.8) is 0 Å². The molecule has 24 heavy (non-hydrogen) atoms. The second kappa shape index (κ2) is 6.91. The molecule has 3 rings (SSSR count). The van der Waals surface area contributed by atoms with Crippen LogP contribution >= 0.6 is 22.9 Å². The summed E-state index contributed by atoms with van der Waals surface area (Å²) in [6.45, 7) is 6.08. The molecule has 0 spiro atoms. The molecule has 0 aliphatic carbocycles. The molecule has 1 aromatic carbocycles. The van der Waals surface area contributed by atoms with Crippen LogP contribution in [0.5, 0.6) is 0 Å². The summed E-state index contributed by atoms with van der Waals surface area (Å²) in [4.78, 5) is 12.5. The largest absolute Gasteiger partial charge is 0.451 e. The molecule has 5 nitrogen and oxygen atoms in total. The van der Waals surface area contributed by atoms with E-state index in [1.54, 1.807) is 18.2 Å². The highest BCUT2D eigenvalue weighted by molar-refractivity contribution is 7.15. The number of amides is 1. The van der Waals surface area contributed by atoms with E-state index in [1.807, 2.05) is 6.92 Å². The number of carbonyl (C=O) groups is 1. The Morgan fingerprint density at radius 3 is 2.79 bits per heavy atom. The van der Waals surface area contributed by atoms with Crippen molar-refractivity contribution in [2.75, 3.05) is 5.32 Å². The van der Waals surface area contributed by atoms with Crippen LogP contribution in [0.4, 0.5) is 5.13 Å². The van der Waals surface area contributed by atoms with Crippen LogP contribution in [-0.2, 0) is 0 Å². The number of nitrogens with zero attached hydrogens (tertiary/aromatic N) is 2. The van der Waals surface area contributed by atoms with E-state index in [0.29, 0.717) is 21.7 Å². The molecular weight excluding hydrogens is 346 g/mol. The van der Waals surface area contributed by atoms with Crippen molar-refractivity contribution in [3.8, 4) is 0 Å². The molecule has 0 radical (unpaired) electrons. The van der Waals surface area contributed by atoms with E-state index >= 15 is 0 Å². The number of fused-ring (bicyclic) bond motifs is 1. The monoisotopic (exact) mass is 363 g/mol. The fourth-order valence-electron chi connectivity index (χ4n) is 2.65. The van der Waals surface area contributed by atoms with Crippen LogP contribution < -0.4 is 5.32 Å². The van der Waals surface area contributed by atoms with Gasteiger partial charge in [0.15, 0.2) is 5.76 Å². The number of halogens is 1. The summed E-state index contributed by atoms with van der Waals surface area (Å²) in [5.41, 5.74) is 1.40. The zero-order valence-electron chi connectivity index (χ0n) is 13.7. The van der Waals surface area contributed by atoms with Crippen LogP contribution in [0.1, 0.15) is 53.7 Å². The number of rotatable bonds is 5. The molecule has 3 aromatic rings. The third-order valence-electron chi connectivity index (χ3n) is 4.10. The summed E-state index contributed by atoms with van der Waals surface area (Å²) in [6, 6.07) is 5.29. The Labute approximate surface area is 149 Å². The van der Waals surface area contributed by atoms with Crippen LogP contribution in [-0.4, -0.2) is 16.1 Å². The average Bonchev–Trinajstić information content (AvgIpc) is 3.14. The zero-order valence-corrected chi connectivity index (χ0v) is 15.3. The van der Waals surface area contributed by atoms with Gasteiger partial charge in [0.25, 0.3) is 5.91 Å². The predicted molar refractivity (Wildman–Crippen MR) is 97.1 cm³/mol. The van der Waals surface area contributed by atoms with Gasteiger partial charge in [-0.25, -0.2) is 0 Å². The molecule has 1 N–H and O–H groups in total. The first-order valence-corrected chi connectivity index (χ1v) is 9.06. The van der Waals surface area contributed by atoms with E-state index in [2.05, 4.69) is 29.4 Å². The fraction of sp³-hybridized carbons (Fsp3) is 0.353. The van der Waals surface area contributed by atoms with Gasteiger partial charge in [-0.3, -0.25) is 10.1 Å². The van der Waals surface area contributed by atoms with E-state index in [4.69, 9.17) is 16.0 Å². The van der Waals surface area contributed by atoms with Crippen molar-refractivity contribution in [1.29, 1.82) is 0 Å². The Morgan fingerprint density at radius 2 is 2.08 bits per heavy atom. The number of aryl methyl sites for hydroxylation is 1. The molecule has 0 fully saturated rings. The van der Waals surface area contributed by atoms with Crippen molar-refractivity contribution in [3.05, 3.63) is 39.6 Å². The smallest absolute Gasteiger partial charge is 0.293 e. The fourth-order valence-corrected chi connectivity index (χ4v) is 3.83. The quantitative estimate of drug-likeness (QED) is 0.658. The van der Waals surface area contributed by atoms with Crippen LogP contribution in [0.3, 0.4) is 0 Å². The van der Waals surface area contributed by atoms with Crippen molar-refractivity contribution in [2.24, 2.45) is 0 Å². The Balaban J connectivity index is 1.84. The zero-order chi connectivity index (χ0) is 17.3. The number of nitrogens with one attached hydrogen (secondary N) is 1. The van der Waals surface area contributed by atoms with Gasteiger partial charge in [-0.1, -0.05) is 36.8 Å². The maximum atomic E-state index is 12.5. The normalized spacial score (nSPS) is 11.4. The molecule has 0 atom stereocenters. The first-order chi connectivity index (χ1) is 11.5. The topological polar surface area (TPSA) is 68.0 Å². The van der Waals surface area contributed by atoms with Crippen molar-refractivity contribution < 1.29 is 9.21 Å². The van der Waals surface area contributed by atoms with Gasteiger partial charge in [0.05, 0.1) is 0 Å². The SMILES string of the molecule is CCC(CC)c1nnc(NC(=O)c2oc3ccc(Cl)cc3c2C)s1. The molecule has 0 aliphatic heterocycles. The molecule has 7 heteroatoms. The lowest BCUT2D eigenvalue weighted by Gasteiger charge is -2.05. The molecule has 0 saturated carbocycles. The molecule has 126 valence electrons. The molecule has 2 aromatic heterocycles. The molecule has 0 unspecified atom stereocenters. The number of aromatic nitrogens is 2. The van der Waals surface area contributed by atoms with E-state index in [0.717, 1.165) is 28.8 Å². The van der Waals surface area contributed by atoms with Gasteiger partial charge in [0.2, 0.25) is 5.13 Å². The molecule has 2 heterocycles. The summed E-state index contributed by atoms with van der Waals surface area (Å²) in [7, 11) is 0. The first kappa shape index (κ1) is 16.9. The molecule has 1 amide bonds. The van der Waals surface area contributed by atoms with E-state index < -0.39 is 0 Å². The second-order valence-corrected chi connectivity index (χ2v) is 7.06. The van der Waals surface area contributed by atoms with Crippen LogP contribution in [0.15, 0.2) is 22.6 Å². The molecule has 0 aliphatic rings. The second-order valence-electron chi connectivity index (χ2n) is 5.61. The minimum Gasteiger partial charge on any atom is -0.451 e. The van der Waals surface area contributed by atoms with Gasteiger partial charge in [-0.05, 0) is 38.0 Å². The number of hydrogen-bond acceptors (Lipinski definition) is 5. The van der Waals surface area contributed by atoms with Gasteiger partial charge >= 0.3 is 0 Å². The number of furan rings is 1. The Hall–Kier alpha value is -1.92. The lowest BCUT2D eigenvalue weighted by molar-refractivity contribution is 0.0998. The van der Waals surface area contributed by atoms with Gasteiger partial charge in [0.1, 0.15) is 10.6 Å². The van der Waals surface area contributed by atoms with Crippen LogP contribution in [0, 0.1) is 6.92 Å². The van der Waals surface area contributed by atoms with Gasteiger partial charge in [0, 0.05) is 21.9 Å². The van der Waals surface area contributed by atoms with Gasteiger partial charge in [-0.2, -0.15) is 0 Å². The van der Waals surface area contributed by atoms with Gasteiger partial charge < -0.3 is 4.42 Å². The number of benzene rings is 1. The van der Waals surface area contributed by atoms with Crippen LogP contribution in [0.25, 0.3) is 11.0 Å². The lowest BCUT2D eigenvalue weighted by Crippen LogP contribution is -2.11. The summed E-state index contributed by atoms with van der Waals surface area (Å²) >= 11 is 7.42. The summed E-state index contributed by atoms with van der Waals surface area (Å²) in [5, 5.41) is 13.9. The lowest BCUT2D eigenvalue weighted by atomic mass is 10.1. The van der Waals surface area contributed by atoms with E-state index in [-0.39, 0.29) is 11.7 Å². The predicted octanol–water partition coefficient (Wildman–Crippen LogP) is 5.40. The Bertz CT molecular complexity index is 883. The molecular formula is C17H18ClN3O2S.